The van der Waals surface area contributed by atoms with Gasteiger partial charge in [-0.1, -0.05) is 0 Å². The fourth-order valence-corrected chi connectivity index (χ4v) is 5.17. The van der Waals surface area contributed by atoms with E-state index in [2.05, 4.69) is 0 Å². The van der Waals surface area contributed by atoms with Gasteiger partial charge in [-0.25, -0.2) is 0 Å². The third kappa shape index (κ3) is 45.2. The van der Waals surface area contributed by atoms with Crippen LogP contribution >= 0.6 is 0 Å². The Hall–Kier alpha value is -7.17. The van der Waals surface area contributed by atoms with E-state index in [0.717, 1.165) is 29.4 Å². The van der Waals surface area contributed by atoms with Crippen molar-refractivity contribution in [2.75, 3.05) is 137 Å². The zero-order chi connectivity index (χ0) is 52.4. The summed E-state index contributed by atoms with van der Waals surface area (Å²) in [5, 5.41) is 113. The molecule has 0 aromatic rings. The highest BCUT2D eigenvalue weighted by Gasteiger charge is 2.21. The molecule has 0 saturated carbocycles. The lowest BCUT2D eigenvalue weighted by Crippen LogP contribution is -2.45. The molecule has 0 aromatic carbocycles. The standard InChI is InChI=1S/C14H23N3O10.2C10H16N2O8/c18-10(19)5-15(1-3-16(6-11(20)21)7-12(22)23)2-4-17(8-13(24)25)9-14(26)27;2*13-7(14)3-11(4-8(15)16)1-2-12(5-9(17)18)6-10(19)20/h1-9H2,(H,18,19)(H,20,21)(H,22,23)(H,24,25)(H,26,27);2*1-6H2,(H,13,14)(H,15,16)(H,17,18)(H,19,20). The number of aliphatic carboxylic acids is 13. The van der Waals surface area contributed by atoms with Crippen LogP contribution in [0, 0.1) is 0 Å². The number of carboxylic acid groups (broad SMARTS) is 13. The van der Waals surface area contributed by atoms with E-state index in [-0.39, 0.29) is 52.4 Å². The molecule has 0 heterocycles. The Labute approximate surface area is 378 Å². The molecule has 0 aromatic heterocycles. The van der Waals surface area contributed by atoms with E-state index in [1.54, 1.807) is 0 Å². The van der Waals surface area contributed by atoms with Crippen molar-refractivity contribution >= 4 is 77.6 Å². The van der Waals surface area contributed by atoms with Crippen molar-refractivity contribution in [2.45, 2.75) is 0 Å². The van der Waals surface area contributed by atoms with Crippen LogP contribution in [-0.4, -0.2) is 316 Å². The van der Waals surface area contributed by atoms with Gasteiger partial charge < -0.3 is 66.4 Å². The summed E-state index contributed by atoms with van der Waals surface area (Å²) in [7, 11) is 0. The Kier molecular flexibility index (Phi) is 34.5. The highest BCUT2D eigenvalue weighted by Crippen LogP contribution is 1.99. The normalized spacial score (nSPS) is 10.9. The van der Waals surface area contributed by atoms with Crippen LogP contribution in [0.2, 0.25) is 0 Å². The lowest BCUT2D eigenvalue weighted by molar-refractivity contribution is -0.145. The molecule has 33 heteroatoms. The van der Waals surface area contributed by atoms with E-state index < -0.39 is 163 Å². The zero-order valence-corrected chi connectivity index (χ0v) is 35.6. The molecule has 0 amide bonds. The molecule has 0 fully saturated rings. The molecule has 0 aliphatic rings. The summed E-state index contributed by atoms with van der Waals surface area (Å²) in [6, 6.07) is 0. The van der Waals surface area contributed by atoms with Crippen LogP contribution in [0.25, 0.3) is 0 Å². The summed E-state index contributed by atoms with van der Waals surface area (Å²) in [5.41, 5.74) is 0. The number of carbonyl (C=O) groups is 13. The maximum Gasteiger partial charge on any atom is 0.317 e. The van der Waals surface area contributed by atoms with E-state index in [0.29, 0.717) is 0 Å². The number of hydrogen-bond donors (Lipinski definition) is 13. The maximum atomic E-state index is 11.0. The van der Waals surface area contributed by atoms with Crippen molar-refractivity contribution in [2.24, 2.45) is 0 Å². The molecule has 67 heavy (non-hydrogen) atoms. The maximum absolute atomic E-state index is 11.0. The summed E-state index contributed by atoms with van der Waals surface area (Å²) < 4.78 is 0. The van der Waals surface area contributed by atoms with E-state index in [9.17, 15) is 62.3 Å². The van der Waals surface area contributed by atoms with E-state index in [1.807, 2.05) is 0 Å². The first-order valence-electron chi connectivity index (χ1n) is 18.8. The molecule has 33 nitrogen and oxygen atoms in total. The van der Waals surface area contributed by atoms with Crippen LogP contribution in [0.15, 0.2) is 0 Å². The van der Waals surface area contributed by atoms with E-state index in [4.69, 9.17) is 66.4 Å². The Morgan fingerprint density at radius 1 is 0.164 bits per heavy atom. The molecule has 13 N–H and O–H groups in total. The molecule has 0 aliphatic heterocycles. The minimum atomic E-state index is -1.24. The van der Waals surface area contributed by atoms with Crippen LogP contribution in [0.5, 0.6) is 0 Å². The zero-order valence-electron chi connectivity index (χ0n) is 35.6. The highest BCUT2D eigenvalue weighted by molar-refractivity contribution is 5.75. The smallest absolute Gasteiger partial charge is 0.317 e. The molecule has 0 aliphatic carbocycles. The van der Waals surface area contributed by atoms with Gasteiger partial charge in [0.05, 0.1) is 85.1 Å². The molecule has 0 bridgehead atoms. The van der Waals surface area contributed by atoms with Crippen LogP contribution in [0.1, 0.15) is 0 Å². The summed E-state index contributed by atoms with van der Waals surface area (Å²) >= 11 is 0. The van der Waals surface area contributed by atoms with Gasteiger partial charge in [-0.05, 0) is 0 Å². The first kappa shape index (κ1) is 64.1. The van der Waals surface area contributed by atoms with Crippen LogP contribution in [0.4, 0.5) is 0 Å². The van der Waals surface area contributed by atoms with Gasteiger partial charge in [0.2, 0.25) is 0 Å². The summed E-state index contributed by atoms with van der Waals surface area (Å²) in [5.74, 6) is -16.0. The molecule has 0 unspecified atom stereocenters. The average Bonchev–Trinajstić information content (AvgIpc) is 3.11. The quantitative estimate of drug-likeness (QED) is 0.0273. The Morgan fingerprint density at radius 3 is 0.328 bits per heavy atom. The van der Waals surface area contributed by atoms with Crippen LogP contribution < -0.4 is 0 Å². The predicted molar refractivity (Wildman–Crippen MR) is 214 cm³/mol. The average molecular weight is 978 g/mol. The Morgan fingerprint density at radius 2 is 0.239 bits per heavy atom. The SMILES string of the molecule is O=C(O)CN(CCN(CC(=O)O)CC(=O)O)CC(=O)O.O=C(O)CN(CCN(CC(=O)O)CC(=O)O)CC(=O)O.O=C(O)CN(CCN(CC(=O)O)CC(=O)O)CCN(CC(=O)O)CC(=O)O. The molecule has 382 valence electrons. The van der Waals surface area contributed by atoms with Gasteiger partial charge in [0.1, 0.15) is 0 Å². The number of carboxylic acids is 13. The minimum absolute atomic E-state index is 0.000836. The second-order valence-corrected chi connectivity index (χ2v) is 13.7. The highest BCUT2D eigenvalue weighted by atomic mass is 16.4. The monoisotopic (exact) mass is 977 g/mol. The molecule has 0 atom stereocenters. The Bertz CT molecular complexity index is 1420. The number of rotatable bonds is 38. The fraction of sp³-hybridized carbons (Fsp3) is 0.618. The molecule has 0 saturated heterocycles. The predicted octanol–water partition coefficient (Wildman–Crippen LogP) is -6.83. The third-order valence-corrected chi connectivity index (χ3v) is 7.60. The molecule has 0 rings (SSSR count). The first-order chi connectivity index (χ1) is 30.9. The third-order valence-electron chi connectivity index (χ3n) is 7.60. The number of hydrogen-bond acceptors (Lipinski definition) is 20. The van der Waals surface area contributed by atoms with Crippen molar-refractivity contribution < 1.29 is 129 Å². The van der Waals surface area contributed by atoms with Crippen molar-refractivity contribution in [1.82, 2.24) is 34.3 Å². The first-order valence-corrected chi connectivity index (χ1v) is 18.8. The van der Waals surface area contributed by atoms with Gasteiger partial charge in [0.25, 0.3) is 0 Å². The molecular weight excluding hydrogens is 922 g/mol. The van der Waals surface area contributed by atoms with Crippen LogP contribution in [-0.2, 0) is 62.3 Å². The lowest BCUT2D eigenvalue weighted by Gasteiger charge is -2.27. The molecule has 0 radical (unpaired) electrons. The number of nitrogens with zero attached hydrogens (tertiary/aromatic N) is 7. The second kappa shape index (κ2) is 36.1. The molecular formula is C34H55N7O26. The van der Waals surface area contributed by atoms with Crippen molar-refractivity contribution in [3.05, 3.63) is 0 Å². The topological polar surface area (TPSA) is 508 Å². The van der Waals surface area contributed by atoms with Gasteiger partial charge >= 0.3 is 77.6 Å². The lowest BCUT2D eigenvalue weighted by atomic mass is 10.3. The summed E-state index contributed by atoms with van der Waals surface area (Å²) in [4.78, 5) is 146. The fourth-order valence-electron chi connectivity index (χ4n) is 5.17. The second-order valence-electron chi connectivity index (χ2n) is 13.7. The van der Waals surface area contributed by atoms with Gasteiger partial charge in [0.15, 0.2) is 0 Å². The van der Waals surface area contributed by atoms with Gasteiger partial charge in [-0.15, -0.1) is 0 Å². The van der Waals surface area contributed by atoms with Crippen molar-refractivity contribution in [3.8, 4) is 0 Å². The van der Waals surface area contributed by atoms with Gasteiger partial charge in [0, 0.05) is 52.4 Å². The van der Waals surface area contributed by atoms with Gasteiger partial charge in [-0.2, -0.15) is 0 Å². The van der Waals surface area contributed by atoms with Crippen molar-refractivity contribution in [3.63, 3.8) is 0 Å². The summed E-state index contributed by atoms with van der Waals surface area (Å²) in [6.45, 7) is -7.24. The van der Waals surface area contributed by atoms with Gasteiger partial charge in [-0.3, -0.25) is 96.6 Å². The van der Waals surface area contributed by atoms with Crippen LogP contribution in [0.3, 0.4) is 0 Å². The largest absolute Gasteiger partial charge is 0.480 e. The summed E-state index contributed by atoms with van der Waals surface area (Å²) in [6.07, 6.45) is 0. The van der Waals surface area contributed by atoms with Crippen molar-refractivity contribution in [1.29, 1.82) is 0 Å². The van der Waals surface area contributed by atoms with E-state index in [1.165, 1.54) is 4.90 Å². The molecule has 0 spiro atoms. The minimum Gasteiger partial charge on any atom is -0.480 e. The van der Waals surface area contributed by atoms with E-state index >= 15 is 0 Å². The Balaban J connectivity index is -0.000000933.